The Balaban J connectivity index is 2.17. The van der Waals surface area contributed by atoms with E-state index in [0.717, 1.165) is 19.3 Å². The fraction of sp³-hybridized carbons (Fsp3) is 0.217. The van der Waals surface area contributed by atoms with Crippen molar-refractivity contribution in [1.29, 1.82) is 0 Å². The largest absolute Gasteiger partial charge is 0.468 e. The number of rotatable bonds is 6. The second-order valence-electron chi connectivity index (χ2n) is 7.30. The number of non-ortho nitro benzene ring substituents is 1. The van der Waals surface area contributed by atoms with Crippen molar-refractivity contribution in [2.75, 3.05) is 19.3 Å². The number of amides is 1. The lowest BCUT2D eigenvalue weighted by Gasteiger charge is -2.35. The molecule has 35 heavy (non-hydrogen) atoms. The van der Waals surface area contributed by atoms with Crippen LogP contribution < -0.4 is 5.12 Å². The molecule has 0 saturated heterocycles. The summed E-state index contributed by atoms with van der Waals surface area (Å²) in [6.45, 7) is 2.89. The molecule has 0 saturated carbocycles. The smallest absolute Gasteiger partial charge is 0.354 e. The number of hydrazone groups is 2. The minimum Gasteiger partial charge on any atom is -0.468 e. The molecule has 0 atom stereocenters. The average Bonchev–Trinajstić information content (AvgIpc) is 2.87. The van der Waals surface area contributed by atoms with Crippen molar-refractivity contribution >= 4 is 46.4 Å². The number of methoxy groups -OCH3 is 2. The molecule has 12 heteroatoms. The number of hydrogen-bond donors (Lipinski definition) is 0. The van der Waals surface area contributed by atoms with Gasteiger partial charge >= 0.3 is 11.9 Å². The number of ether oxygens (including phenoxy) is 2. The van der Waals surface area contributed by atoms with Gasteiger partial charge in [-0.1, -0.05) is 18.2 Å². The maximum absolute atomic E-state index is 13.2. The molecular weight excluding hydrogens is 458 g/mol. The maximum Gasteiger partial charge on any atom is 0.354 e. The lowest BCUT2D eigenvalue weighted by Crippen LogP contribution is -2.57. The summed E-state index contributed by atoms with van der Waals surface area (Å²) in [6, 6.07) is 13.3. The molecule has 0 N–H and O–H groups in total. The Labute approximate surface area is 199 Å². The van der Waals surface area contributed by atoms with Gasteiger partial charge in [0.25, 0.3) is 11.6 Å². The second kappa shape index (κ2) is 10.0. The highest BCUT2D eigenvalue weighted by Gasteiger charge is 2.56. The molecule has 1 aliphatic heterocycles. The first-order chi connectivity index (χ1) is 16.7. The van der Waals surface area contributed by atoms with Gasteiger partial charge in [0.05, 0.1) is 36.3 Å². The first-order valence-corrected chi connectivity index (χ1v) is 10.2. The predicted octanol–water partition coefficient (Wildman–Crippen LogP) is 2.78. The number of nitro groups is 1. The molecular formula is C23H21N5O7. The lowest BCUT2D eigenvalue weighted by atomic mass is 9.74. The number of esters is 2. The summed E-state index contributed by atoms with van der Waals surface area (Å²) in [7, 11) is 2.20. The van der Waals surface area contributed by atoms with E-state index < -0.39 is 33.9 Å². The molecule has 12 nitrogen and oxygen atoms in total. The number of carbonyl (C=O) groups is 3. The predicted molar refractivity (Wildman–Crippen MR) is 126 cm³/mol. The van der Waals surface area contributed by atoms with Crippen LogP contribution in [0.3, 0.4) is 0 Å². The van der Waals surface area contributed by atoms with Gasteiger partial charge in [-0.25, -0.2) is 9.79 Å². The summed E-state index contributed by atoms with van der Waals surface area (Å²) in [5, 5.41) is 20.7. The van der Waals surface area contributed by atoms with Crippen molar-refractivity contribution in [2.45, 2.75) is 13.8 Å². The summed E-state index contributed by atoms with van der Waals surface area (Å²) >= 11 is 0. The van der Waals surface area contributed by atoms with E-state index in [4.69, 9.17) is 9.47 Å². The van der Waals surface area contributed by atoms with E-state index in [1.54, 1.807) is 18.2 Å². The van der Waals surface area contributed by atoms with Crippen molar-refractivity contribution in [3.05, 3.63) is 70.3 Å². The highest BCUT2D eigenvalue weighted by atomic mass is 16.6. The maximum atomic E-state index is 13.2. The molecule has 2 aromatic rings. The Hall–Kier alpha value is -4.74. The van der Waals surface area contributed by atoms with Crippen LogP contribution in [0.2, 0.25) is 0 Å². The number of nitro benzene ring substituents is 1. The molecule has 0 fully saturated rings. The van der Waals surface area contributed by atoms with Crippen LogP contribution in [0.4, 0.5) is 11.4 Å². The van der Waals surface area contributed by atoms with Gasteiger partial charge in [-0.15, -0.1) is 0 Å². The Kier molecular flexibility index (Phi) is 7.14. The number of anilines is 1. The minimum atomic E-state index is -2.05. The number of hydrogen-bond acceptors (Lipinski definition) is 10. The van der Waals surface area contributed by atoms with Crippen LogP contribution in [0.5, 0.6) is 0 Å². The third-order valence-corrected chi connectivity index (χ3v) is 5.33. The van der Waals surface area contributed by atoms with Crippen LogP contribution in [0.1, 0.15) is 24.2 Å². The van der Waals surface area contributed by atoms with Crippen molar-refractivity contribution in [1.82, 2.24) is 0 Å². The number of benzene rings is 2. The average molecular weight is 479 g/mol. The van der Waals surface area contributed by atoms with Gasteiger partial charge in [-0.3, -0.25) is 19.7 Å². The summed E-state index contributed by atoms with van der Waals surface area (Å²) in [5.74, 6) is -2.78. The van der Waals surface area contributed by atoms with Gasteiger partial charge in [-0.05, 0) is 38.1 Å². The van der Waals surface area contributed by atoms with E-state index in [0.29, 0.717) is 5.69 Å². The molecule has 1 aliphatic rings. The Bertz CT molecular complexity index is 1250. The second-order valence-corrected chi connectivity index (χ2v) is 7.30. The van der Waals surface area contributed by atoms with E-state index in [1.165, 1.54) is 50.2 Å². The highest BCUT2D eigenvalue weighted by molar-refractivity contribution is 6.57. The van der Waals surface area contributed by atoms with E-state index in [2.05, 4.69) is 15.2 Å². The summed E-state index contributed by atoms with van der Waals surface area (Å²) < 4.78 is 9.83. The van der Waals surface area contributed by atoms with Crippen molar-refractivity contribution in [3.63, 3.8) is 0 Å². The third kappa shape index (κ3) is 4.53. The van der Waals surface area contributed by atoms with Crippen molar-refractivity contribution < 1.29 is 28.8 Å². The molecule has 0 spiro atoms. The van der Waals surface area contributed by atoms with Crippen molar-refractivity contribution in [3.8, 4) is 0 Å². The molecule has 180 valence electrons. The molecule has 2 aromatic carbocycles. The van der Waals surface area contributed by atoms with Gasteiger partial charge in [0.1, 0.15) is 0 Å². The molecule has 0 aromatic heterocycles. The Morgan fingerprint density at radius 2 is 1.51 bits per heavy atom. The molecule has 1 heterocycles. The molecule has 0 radical (unpaired) electrons. The first-order valence-electron chi connectivity index (χ1n) is 10.2. The Morgan fingerprint density at radius 3 is 2.00 bits per heavy atom. The highest BCUT2D eigenvalue weighted by Crippen LogP contribution is 2.34. The zero-order chi connectivity index (χ0) is 25.8. The first kappa shape index (κ1) is 24.9. The number of nitrogens with zero attached hydrogens (tertiary/aromatic N) is 5. The van der Waals surface area contributed by atoms with Crippen LogP contribution >= 0.6 is 0 Å². The number of carbonyl (C=O) groups excluding carboxylic acids is 3. The fourth-order valence-electron chi connectivity index (χ4n) is 3.56. The Morgan fingerprint density at radius 1 is 0.943 bits per heavy atom. The van der Waals surface area contributed by atoms with Gasteiger partial charge in [0, 0.05) is 17.7 Å². The van der Waals surface area contributed by atoms with Gasteiger partial charge < -0.3 is 9.47 Å². The fourth-order valence-corrected chi connectivity index (χ4v) is 3.56. The molecule has 3 rings (SSSR count). The monoisotopic (exact) mass is 479 g/mol. The molecule has 0 bridgehead atoms. The lowest BCUT2D eigenvalue weighted by molar-refractivity contribution is -0.384. The van der Waals surface area contributed by atoms with E-state index in [-0.39, 0.29) is 22.7 Å². The zero-order valence-corrected chi connectivity index (χ0v) is 19.3. The molecule has 1 amide bonds. The van der Waals surface area contributed by atoms with E-state index in [9.17, 15) is 24.5 Å². The van der Waals surface area contributed by atoms with Gasteiger partial charge in [0.2, 0.25) is 0 Å². The van der Waals surface area contributed by atoms with Crippen LogP contribution in [-0.4, -0.2) is 54.1 Å². The summed E-state index contributed by atoms with van der Waals surface area (Å²) in [5.41, 5.74) is -2.18. The van der Waals surface area contributed by atoms with Gasteiger partial charge in [-0.2, -0.15) is 15.3 Å². The van der Waals surface area contributed by atoms with Crippen LogP contribution in [-0.2, 0) is 19.1 Å². The normalized spacial score (nSPS) is 15.0. The standard InChI is InChI=1S/C23H21N5O7/c1-14-23(22(31)35-4,19(21(30)34-3)24-20(29)16-8-6-5-7-9-16)15(2)26-27(25-14)17-10-12-18(13-11-17)28(32)33/h5-13H,1-4H3. The minimum absolute atomic E-state index is 0.0141. The third-order valence-electron chi connectivity index (χ3n) is 5.33. The number of aliphatic imine (C=N–C) groups is 1. The quantitative estimate of drug-likeness (QED) is 0.265. The summed E-state index contributed by atoms with van der Waals surface area (Å²) in [4.78, 5) is 53.2. The zero-order valence-electron chi connectivity index (χ0n) is 19.3. The summed E-state index contributed by atoms with van der Waals surface area (Å²) in [6.07, 6.45) is 0. The molecule has 0 unspecified atom stereocenters. The molecule has 0 aliphatic carbocycles. The SMILES string of the molecule is COC(=O)C(=NC(=O)c1ccccc1)C1(C(=O)OC)C(C)=NN(c2ccc([N+](=O)[O-])cc2)N=C1C. The van der Waals surface area contributed by atoms with Crippen molar-refractivity contribution in [2.24, 2.45) is 20.6 Å². The van der Waals surface area contributed by atoms with E-state index >= 15 is 0 Å². The van der Waals surface area contributed by atoms with Crippen LogP contribution in [0.15, 0.2) is 69.8 Å². The topological polar surface area (TPSA) is 153 Å². The van der Waals surface area contributed by atoms with Crippen LogP contribution in [0, 0.1) is 15.5 Å². The van der Waals surface area contributed by atoms with Gasteiger partial charge in [0.15, 0.2) is 11.1 Å². The van der Waals surface area contributed by atoms with E-state index in [1.807, 2.05) is 0 Å². The van der Waals surface area contributed by atoms with Crippen LogP contribution in [0.25, 0.3) is 0 Å².